The summed E-state index contributed by atoms with van der Waals surface area (Å²) in [5.74, 6) is -7.87. The number of sulfone groups is 1. The summed E-state index contributed by atoms with van der Waals surface area (Å²) in [7, 11) is -31.1. The molecule has 0 saturated carbocycles. The van der Waals surface area contributed by atoms with Crippen molar-refractivity contribution in [1.82, 2.24) is 9.97 Å². The van der Waals surface area contributed by atoms with Crippen LogP contribution in [0.3, 0.4) is 0 Å². The van der Waals surface area contributed by atoms with Crippen LogP contribution in [-0.2, 0) is 64.9 Å². The Morgan fingerprint density at radius 3 is 1.46 bits per heavy atom. The van der Waals surface area contributed by atoms with Crippen LogP contribution in [0.15, 0.2) is 116 Å². The number of anilines is 2. The maximum Gasteiger partial charge on any atom is 0.397 e. The monoisotopic (exact) mass is 1070 g/mol. The van der Waals surface area contributed by atoms with Crippen molar-refractivity contribution in [2.45, 2.75) is 24.5 Å². The summed E-state index contributed by atoms with van der Waals surface area (Å²) in [6.45, 7) is -1.18. The highest BCUT2D eigenvalue weighted by Gasteiger charge is 2.28. The molecular formula is C30H23F2N9O21S6. The molecule has 0 aliphatic carbocycles. The Bertz CT molecular complexity index is 3670. The minimum absolute atomic E-state index is 0.267. The van der Waals surface area contributed by atoms with Gasteiger partial charge in [0.25, 0.3) is 40.5 Å². The molecule has 38 heteroatoms. The van der Waals surface area contributed by atoms with Gasteiger partial charge in [0.2, 0.25) is 5.95 Å². The molecule has 4 aromatic carbocycles. The molecule has 68 heavy (non-hydrogen) atoms. The van der Waals surface area contributed by atoms with Crippen LogP contribution in [0.1, 0.15) is 0 Å². The molecule has 0 unspecified atom stereocenters. The van der Waals surface area contributed by atoms with E-state index in [0.29, 0.717) is 42.5 Å². The van der Waals surface area contributed by atoms with Crippen molar-refractivity contribution in [2.75, 3.05) is 17.7 Å². The summed E-state index contributed by atoms with van der Waals surface area (Å²) in [6.07, 6.45) is -1.55. The molecule has 0 saturated heterocycles. The van der Waals surface area contributed by atoms with Crippen molar-refractivity contribution in [3.8, 4) is 17.2 Å². The zero-order valence-electron chi connectivity index (χ0n) is 32.4. The lowest BCUT2D eigenvalue weighted by Crippen LogP contribution is -2.16. The van der Waals surface area contributed by atoms with Crippen molar-refractivity contribution in [3.63, 3.8) is 0 Å². The van der Waals surface area contributed by atoms with Gasteiger partial charge in [-0.1, -0.05) is 0 Å². The summed E-state index contributed by atoms with van der Waals surface area (Å²) >= 11 is 0. The first kappa shape index (κ1) is 52.3. The van der Waals surface area contributed by atoms with Gasteiger partial charge in [0, 0.05) is 11.8 Å². The largest absolute Gasteiger partial charge is 0.504 e. The Balaban J connectivity index is 1.75. The van der Waals surface area contributed by atoms with Gasteiger partial charge in [0.15, 0.2) is 44.1 Å². The summed E-state index contributed by atoms with van der Waals surface area (Å²) in [5.41, 5.74) is -7.54. The van der Waals surface area contributed by atoms with E-state index in [0.717, 1.165) is 12.1 Å². The molecule has 0 fully saturated rings. The Hall–Kier alpha value is -6.72. The summed E-state index contributed by atoms with van der Waals surface area (Å²) in [5, 5.41) is 56.7. The fourth-order valence-corrected chi connectivity index (χ4v) is 9.00. The highest BCUT2D eigenvalue weighted by molar-refractivity contribution is 7.91. The highest BCUT2D eigenvalue weighted by atomic mass is 32.3. The zero-order chi connectivity index (χ0) is 50.9. The number of hydrogen-bond donors (Lipinski definition) is 9. The average molecular weight is 1080 g/mol. The van der Waals surface area contributed by atoms with E-state index in [4.69, 9.17) is 4.55 Å². The number of phenolic OH excluding ortho intramolecular Hbond substituents is 3. The maximum atomic E-state index is 13.7. The summed E-state index contributed by atoms with van der Waals surface area (Å²) in [4.78, 5) is 0.357. The second-order valence-corrected chi connectivity index (χ2v) is 21.4. The molecular weight excluding hydrogens is 1050 g/mol. The predicted octanol–water partition coefficient (Wildman–Crippen LogP) is 4.44. The third-order valence-electron chi connectivity index (χ3n) is 7.95. The Morgan fingerprint density at radius 1 is 0.515 bits per heavy atom. The molecule has 5 rings (SSSR count). The molecule has 0 bridgehead atoms. The summed E-state index contributed by atoms with van der Waals surface area (Å²) in [6, 6.07) is 5.49. The third kappa shape index (κ3) is 12.8. The molecule has 0 atom stereocenters. The number of hydrogen-bond acceptors (Lipinski definition) is 25. The molecule has 30 nitrogen and oxygen atoms in total. The maximum absolute atomic E-state index is 13.7. The van der Waals surface area contributed by atoms with Crippen molar-refractivity contribution in [2.24, 2.45) is 30.7 Å². The van der Waals surface area contributed by atoms with Gasteiger partial charge in [0.05, 0.1) is 22.2 Å². The minimum atomic E-state index is -5.53. The van der Waals surface area contributed by atoms with E-state index in [1.165, 1.54) is 0 Å². The van der Waals surface area contributed by atoms with E-state index in [9.17, 15) is 92.8 Å². The predicted molar refractivity (Wildman–Crippen MR) is 217 cm³/mol. The van der Waals surface area contributed by atoms with Gasteiger partial charge in [0.1, 0.15) is 37.6 Å². The van der Waals surface area contributed by atoms with Crippen LogP contribution in [0.5, 0.6) is 17.2 Å². The second kappa shape index (κ2) is 19.1. The Kier molecular flexibility index (Phi) is 14.7. The number of nitrogens with one attached hydrogen (secondary N) is 1. The first-order chi connectivity index (χ1) is 31.2. The smallest absolute Gasteiger partial charge is 0.397 e. The lowest BCUT2D eigenvalue weighted by atomic mass is 10.2. The van der Waals surface area contributed by atoms with Crippen LogP contribution < -0.4 is 5.32 Å². The van der Waals surface area contributed by atoms with Gasteiger partial charge >= 0.3 is 16.5 Å². The van der Waals surface area contributed by atoms with E-state index >= 15 is 0 Å². The van der Waals surface area contributed by atoms with Crippen LogP contribution in [0, 0.1) is 12.0 Å². The first-order valence-corrected chi connectivity index (χ1v) is 25.6. The van der Waals surface area contributed by atoms with E-state index in [1.807, 2.05) is 0 Å². The topological polar surface area (TPSA) is 488 Å². The number of aromatic nitrogens is 2. The second-order valence-electron chi connectivity index (χ2n) is 12.6. The van der Waals surface area contributed by atoms with Crippen molar-refractivity contribution in [1.29, 1.82) is 0 Å². The van der Waals surface area contributed by atoms with Gasteiger partial charge in [-0.05, 0) is 54.6 Å². The first-order valence-electron chi connectivity index (χ1n) is 16.9. The number of azo groups is 3. The number of rotatable bonds is 17. The lowest BCUT2D eigenvalue weighted by molar-refractivity contribution is 0.284. The summed E-state index contributed by atoms with van der Waals surface area (Å²) < 4.78 is 223. The van der Waals surface area contributed by atoms with Gasteiger partial charge in [-0.3, -0.25) is 22.8 Å². The van der Waals surface area contributed by atoms with Gasteiger partial charge in [-0.15, -0.1) is 30.7 Å². The zero-order valence-corrected chi connectivity index (χ0v) is 37.3. The van der Waals surface area contributed by atoms with Crippen molar-refractivity contribution < 1.29 is 102 Å². The third-order valence-corrected chi connectivity index (χ3v) is 13.6. The normalized spacial score (nSPS) is 13.2. The van der Waals surface area contributed by atoms with Gasteiger partial charge < -0.3 is 20.6 Å². The Morgan fingerprint density at radius 2 is 0.985 bits per heavy atom. The standard InChI is InChI=1S/C30H23F2N9O21S6/c31-22-12-23(35-30(32)34-22)33-13-1-5-19(65(50,51)52)17(9-13)37-40-25-27(42)24(28(43)26(29(25)44)41-38-18-10-15(64(47,48)49)3-6-20(18)66(53,54)55)39-36-16-4-2-14(11-21(16)67(56,57)58)63(45,46)8-7-62-68(59,60)61/h1-6,9-12,42-44H,7-8H2,(H,33,34,35)(H,47,48,49)(H,50,51,52)(H,53,54,55)(H,56,57,58)(H,59,60,61). The molecule has 0 radical (unpaired) electrons. The van der Waals surface area contributed by atoms with E-state index in [2.05, 4.69) is 50.2 Å². The number of aromatic hydroxyl groups is 3. The molecule has 0 amide bonds. The molecule has 1 heterocycles. The molecule has 1 aromatic heterocycles. The van der Waals surface area contributed by atoms with Crippen LogP contribution in [0.2, 0.25) is 0 Å². The number of halogens is 2. The van der Waals surface area contributed by atoms with Crippen LogP contribution >= 0.6 is 0 Å². The van der Waals surface area contributed by atoms with Gasteiger partial charge in [-0.25, -0.2) is 12.6 Å². The highest BCUT2D eigenvalue weighted by Crippen LogP contribution is 2.57. The molecule has 0 spiro atoms. The fourth-order valence-electron chi connectivity index (χ4n) is 5.06. The number of nitrogens with zero attached hydrogens (tertiary/aromatic N) is 8. The molecule has 0 aliphatic rings. The molecule has 5 aromatic rings. The Labute approximate surface area is 379 Å². The lowest BCUT2D eigenvalue weighted by Gasteiger charge is -2.11. The number of benzene rings is 4. The van der Waals surface area contributed by atoms with E-state index < -0.39 is 167 Å². The molecule has 9 N–H and O–H groups in total. The average Bonchev–Trinajstić information content (AvgIpc) is 3.18. The minimum Gasteiger partial charge on any atom is -0.504 e. The SMILES string of the molecule is O=S(=O)(O)OCCS(=O)(=O)c1ccc(N=Nc2c(O)c(N=Nc3cc(Nc4cc(F)nc(F)n4)ccc3S(=O)(=O)O)c(O)c(N=Nc3cc(S(=O)(=O)O)ccc3S(=O)(=O)O)c2O)c(S(=O)(=O)O)c1. The van der Waals surface area contributed by atoms with Crippen molar-refractivity contribution in [3.05, 3.63) is 72.7 Å². The van der Waals surface area contributed by atoms with Crippen molar-refractivity contribution >= 4 is 106 Å². The fraction of sp³-hybridized carbons (Fsp3) is 0.0667. The molecule has 364 valence electrons. The van der Waals surface area contributed by atoms with Gasteiger partial charge in [-0.2, -0.15) is 60.8 Å². The van der Waals surface area contributed by atoms with Crippen LogP contribution in [0.4, 0.5) is 54.4 Å². The van der Waals surface area contributed by atoms with Crippen LogP contribution in [-0.4, -0.2) is 111 Å². The van der Waals surface area contributed by atoms with E-state index in [1.54, 1.807) is 0 Å². The van der Waals surface area contributed by atoms with Crippen LogP contribution in [0.25, 0.3) is 0 Å². The quantitative estimate of drug-likeness (QED) is 0.0269. The van der Waals surface area contributed by atoms with E-state index in [-0.39, 0.29) is 11.8 Å². The number of phenols is 3. The molecule has 0 aliphatic heterocycles.